The molecule has 2 aromatic rings. The molecule has 4 saturated heterocycles. The summed E-state index contributed by atoms with van der Waals surface area (Å²) >= 11 is 0. The van der Waals surface area contributed by atoms with E-state index in [1.165, 1.54) is 0 Å². The Morgan fingerprint density at radius 1 is 0.553 bits per heavy atom. The van der Waals surface area contributed by atoms with Crippen molar-refractivity contribution < 1.29 is 262 Å². The average Bonchev–Trinajstić information content (AvgIpc) is 3.73. The van der Waals surface area contributed by atoms with E-state index in [4.69, 9.17) is 14.6 Å². The third-order valence-electron chi connectivity index (χ3n) is 10.0. The quantitative estimate of drug-likeness (QED) is 0.0375. The second-order valence-corrected chi connectivity index (χ2v) is 20.8. The first-order valence-electron chi connectivity index (χ1n) is 19.6. The van der Waals surface area contributed by atoms with E-state index in [0.29, 0.717) is 9.13 Å². The van der Waals surface area contributed by atoms with Crippen LogP contribution < -0.4 is 160 Å². The SMILES string of the molecule is O=C1C(OP(=O)([O-])OP(=O)([O-])OCC2OC(n3ccc(=O)[nH]c3=O)C(O)C2O)OC(CO)C(O)C1O.O=CC1OC(OP(=O)([O-])OP(=O)([O-])OCC2OC(n3ccc(=O)[nH]c3=O)C(O)C2O)C(O)C(O)C1O.[Na+].[Na+].[Na+].[Na+]. The Kier molecular flexibility index (Phi) is 30.4. The number of carbonyl (C=O) groups is 2. The largest absolute Gasteiger partial charge is 1.00 e. The maximum atomic E-state index is 12.0. The predicted molar refractivity (Wildman–Crippen MR) is 207 cm³/mol. The number of ketones is 1. The minimum atomic E-state index is -5.97. The molecular formula is C30H40N4Na4O34P4. The second-order valence-electron chi connectivity index (χ2n) is 15.0. The third kappa shape index (κ3) is 19.4. The summed E-state index contributed by atoms with van der Waals surface area (Å²) in [6.45, 7) is -3.24. The fraction of sp³-hybridized carbons (Fsp3) is 0.667. The average molecular weight is 1220 g/mol. The summed E-state index contributed by atoms with van der Waals surface area (Å²) in [6.07, 6.45) is -30.7. The van der Waals surface area contributed by atoms with Crippen molar-refractivity contribution in [3.8, 4) is 0 Å². The number of hydrogen-bond acceptors (Lipinski definition) is 34. The number of aliphatic hydroxyl groups is 10. The first kappa shape index (κ1) is 74.7. The number of hydrogen-bond donors (Lipinski definition) is 12. The first-order valence-corrected chi connectivity index (χ1v) is 25.5. The molecule has 4 fully saturated rings. The molecule has 0 radical (unpaired) electrons. The molecule has 0 amide bonds. The van der Waals surface area contributed by atoms with Crippen LogP contribution in [-0.2, 0) is 73.5 Å². The Morgan fingerprint density at radius 3 is 1.37 bits per heavy atom. The zero-order valence-electron chi connectivity index (χ0n) is 39.3. The Morgan fingerprint density at radius 2 is 0.974 bits per heavy atom. The molecule has 408 valence electrons. The van der Waals surface area contributed by atoms with E-state index in [1.807, 2.05) is 9.97 Å². The number of H-pyrrole nitrogens is 2. The van der Waals surface area contributed by atoms with Gasteiger partial charge in [0.2, 0.25) is 12.1 Å². The molecule has 6 heterocycles. The zero-order valence-corrected chi connectivity index (χ0v) is 50.9. The van der Waals surface area contributed by atoms with Gasteiger partial charge in [-0.1, -0.05) is 0 Å². The van der Waals surface area contributed by atoms with Crippen LogP contribution in [-0.4, -0.2) is 194 Å². The van der Waals surface area contributed by atoms with E-state index in [2.05, 4.69) is 36.2 Å². The van der Waals surface area contributed by atoms with Crippen LogP contribution in [0.3, 0.4) is 0 Å². The van der Waals surface area contributed by atoms with Crippen LogP contribution in [0.4, 0.5) is 0 Å². The molecule has 0 spiro atoms. The molecule has 21 unspecified atom stereocenters. The van der Waals surface area contributed by atoms with Crippen LogP contribution in [0.1, 0.15) is 12.5 Å². The summed E-state index contributed by atoms with van der Waals surface area (Å²) in [7, 11) is -23.5. The number of nitrogens with zero attached hydrogens (tertiary/aromatic N) is 2. The van der Waals surface area contributed by atoms with Gasteiger partial charge in [0.05, 0.1) is 19.8 Å². The Balaban J connectivity index is 0.000000722. The van der Waals surface area contributed by atoms with Crippen molar-refractivity contribution >= 4 is 43.4 Å². The summed E-state index contributed by atoms with van der Waals surface area (Å²) in [6, 6.07) is 1.81. The molecule has 4 aliphatic rings. The van der Waals surface area contributed by atoms with Gasteiger partial charge in [0.1, 0.15) is 79.4 Å². The van der Waals surface area contributed by atoms with E-state index < -0.39 is 184 Å². The van der Waals surface area contributed by atoms with Crippen molar-refractivity contribution in [2.24, 2.45) is 0 Å². The van der Waals surface area contributed by atoms with Gasteiger partial charge < -0.3 is 103 Å². The van der Waals surface area contributed by atoms with Crippen molar-refractivity contribution in [1.82, 2.24) is 19.1 Å². The maximum absolute atomic E-state index is 12.0. The van der Waals surface area contributed by atoms with Gasteiger partial charge in [-0.3, -0.25) is 60.8 Å². The van der Waals surface area contributed by atoms with Gasteiger partial charge in [0.15, 0.2) is 25.0 Å². The molecular weight excluding hydrogens is 1180 g/mol. The van der Waals surface area contributed by atoms with Crippen LogP contribution in [0.15, 0.2) is 43.7 Å². The van der Waals surface area contributed by atoms with Gasteiger partial charge in [0.25, 0.3) is 42.4 Å². The molecule has 6 rings (SSSR count). The summed E-state index contributed by atoms with van der Waals surface area (Å²) in [5.41, 5.74) is -3.58. The molecule has 38 nitrogen and oxygen atoms in total. The number of phosphoric ester groups is 4. The number of Topliss-reactive ketones (excluding diaryl/α,β-unsaturated/α-hetero) is 1. The monoisotopic (exact) mass is 1220 g/mol. The summed E-state index contributed by atoms with van der Waals surface area (Å²) in [4.78, 5) is 120. The standard InChI is InChI=1S/2C15H22N2O17P2.4Na/c2*18-3-5-8(20)10(22)12(24)14(32-5)33-36(28,29)34-35(26,27)30-4-6-9(21)11(23)13(31-6)17-2-1-7(19)16-15(17)25;;;;/h1-2,5-6,8-11,13-14,18,20-23H,3-4H2,(H,26,27)(H,28,29)(H,16,19,25);1-3,5-6,8-14,20-24H,4H2,(H,26,27)(H,28,29)(H,16,19,25);;;;/q;;4*+1/p-4. The number of aldehydes is 1. The fourth-order valence-electron chi connectivity index (χ4n) is 6.47. The minimum Gasteiger partial charge on any atom is -0.756 e. The van der Waals surface area contributed by atoms with E-state index in [1.54, 1.807) is 0 Å². The van der Waals surface area contributed by atoms with Gasteiger partial charge >= 0.3 is 130 Å². The minimum absolute atomic E-state index is 0. The topological polar surface area (TPSA) is 599 Å². The summed E-state index contributed by atoms with van der Waals surface area (Å²) in [5, 5.41) is 97.5. The molecule has 12 N–H and O–H groups in total. The Labute approximate surface area is 510 Å². The number of phosphoric acid groups is 4. The number of nitrogens with one attached hydrogen (secondary N) is 2. The van der Waals surface area contributed by atoms with Crippen molar-refractivity contribution in [3.63, 3.8) is 0 Å². The van der Waals surface area contributed by atoms with Crippen LogP contribution in [0.25, 0.3) is 0 Å². The van der Waals surface area contributed by atoms with Crippen molar-refractivity contribution in [2.75, 3.05) is 19.8 Å². The van der Waals surface area contributed by atoms with Gasteiger partial charge in [-0.15, -0.1) is 0 Å². The number of aromatic amines is 2. The van der Waals surface area contributed by atoms with Crippen molar-refractivity contribution in [2.45, 2.75) is 104 Å². The molecule has 46 heteroatoms. The van der Waals surface area contributed by atoms with Crippen LogP contribution in [0.5, 0.6) is 0 Å². The number of ether oxygens (including phenoxy) is 4. The number of aliphatic hydroxyl groups excluding tert-OH is 10. The van der Waals surface area contributed by atoms with Gasteiger partial charge in [-0.25, -0.2) is 18.2 Å². The molecule has 21 atom stereocenters. The Hall–Kier alpha value is 0.660. The third-order valence-corrected chi connectivity index (χ3v) is 15.1. The van der Waals surface area contributed by atoms with Gasteiger partial charge in [-0.05, 0) is 0 Å². The van der Waals surface area contributed by atoms with Crippen LogP contribution in [0, 0.1) is 0 Å². The van der Waals surface area contributed by atoms with E-state index >= 15 is 0 Å². The summed E-state index contributed by atoms with van der Waals surface area (Å²) in [5.74, 6) is -1.52. The van der Waals surface area contributed by atoms with Crippen LogP contribution in [0.2, 0.25) is 0 Å². The maximum Gasteiger partial charge on any atom is 1.00 e. The van der Waals surface area contributed by atoms with E-state index in [-0.39, 0.29) is 125 Å². The normalized spacial score (nSPS) is 35.3. The summed E-state index contributed by atoms with van der Waals surface area (Å²) < 4.78 is 93.6. The van der Waals surface area contributed by atoms with Crippen LogP contribution >= 0.6 is 31.3 Å². The molecule has 0 aliphatic carbocycles. The zero-order chi connectivity index (χ0) is 54.0. The molecule has 0 aromatic carbocycles. The number of aromatic nitrogens is 4. The molecule has 0 saturated carbocycles. The van der Waals surface area contributed by atoms with E-state index in [0.717, 1.165) is 24.5 Å². The first-order chi connectivity index (χ1) is 33.3. The Bertz CT molecular complexity index is 2700. The second kappa shape index (κ2) is 31.0. The van der Waals surface area contributed by atoms with Gasteiger partial charge in [0, 0.05) is 24.5 Å². The van der Waals surface area contributed by atoms with Crippen molar-refractivity contribution in [1.29, 1.82) is 0 Å². The number of rotatable bonds is 18. The van der Waals surface area contributed by atoms with Crippen molar-refractivity contribution in [3.05, 3.63) is 66.2 Å². The van der Waals surface area contributed by atoms with E-state index in [9.17, 15) is 113 Å². The molecule has 76 heavy (non-hydrogen) atoms. The molecule has 4 aliphatic heterocycles. The smallest absolute Gasteiger partial charge is 0.756 e. The van der Waals surface area contributed by atoms with Gasteiger partial charge in [-0.2, -0.15) is 0 Å². The number of carbonyl (C=O) groups excluding carboxylic acids is 2. The predicted octanol–water partition coefficient (Wildman–Crippen LogP) is -23.7. The molecule has 0 bridgehead atoms. The molecule has 2 aromatic heterocycles. The fourth-order valence-corrected chi connectivity index (χ4v) is 10.6.